The lowest BCUT2D eigenvalue weighted by molar-refractivity contribution is 1.20. The van der Waals surface area contributed by atoms with E-state index in [2.05, 4.69) is 9.97 Å². The zero-order valence-corrected chi connectivity index (χ0v) is 8.99. The van der Waals surface area contributed by atoms with Crippen molar-refractivity contribution in [1.82, 2.24) is 9.97 Å². The number of aromatic nitrogens is 2. The van der Waals surface area contributed by atoms with Crippen molar-refractivity contribution in [2.24, 2.45) is 0 Å². The summed E-state index contributed by atoms with van der Waals surface area (Å²) in [6.07, 6.45) is 1.65. The summed E-state index contributed by atoms with van der Waals surface area (Å²) < 4.78 is 0. The fourth-order valence-corrected chi connectivity index (χ4v) is 1.52. The Hall–Kier alpha value is -1.61. The second-order valence-corrected chi connectivity index (χ2v) is 3.57. The Labute approximate surface area is 92.9 Å². The maximum absolute atomic E-state index is 5.97. The predicted molar refractivity (Wildman–Crippen MR) is 61.6 cm³/mol. The van der Waals surface area contributed by atoms with Crippen molar-refractivity contribution in [2.45, 2.75) is 6.92 Å². The molecule has 2 heterocycles. The van der Waals surface area contributed by atoms with Crippen LogP contribution in [0.3, 0.4) is 0 Å². The molecule has 15 heavy (non-hydrogen) atoms. The molecule has 2 aromatic rings. The first-order valence-corrected chi connectivity index (χ1v) is 4.90. The van der Waals surface area contributed by atoms with Crippen molar-refractivity contribution in [2.75, 3.05) is 5.73 Å². The molecule has 0 saturated heterocycles. The van der Waals surface area contributed by atoms with Crippen LogP contribution in [-0.4, -0.2) is 9.97 Å². The maximum atomic E-state index is 5.97. The zero-order chi connectivity index (χ0) is 10.8. The van der Waals surface area contributed by atoms with Crippen LogP contribution in [0.25, 0.3) is 11.3 Å². The summed E-state index contributed by atoms with van der Waals surface area (Å²) in [6.45, 7) is 1.86. The summed E-state index contributed by atoms with van der Waals surface area (Å²) in [5.41, 5.74) is 8.78. The topological polar surface area (TPSA) is 51.8 Å². The number of pyridine rings is 2. The predicted octanol–water partition coefficient (Wildman–Crippen LogP) is 2.69. The Morgan fingerprint density at radius 3 is 2.73 bits per heavy atom. The zero-order valence-electron chi connectivity index (χ0n) is 8.24. The fraction of sp³-hybridized carbons (Fsp3) is 0.0909. The highest BCUT2D eigenvalue weighted by Crippen LogP contribution is 2.25. The van der Waals surface area contributed by atoms with E-state index >= 15 is 0 Å². The van der Waals surface area contributed by atoms with E-state index in [1.165, 1.54) is 0 Å². The van der Waals surface area contributed by atoms with Gasteiger partial charge in [-0.2, -0.15) is 0 Å². The van der Waals surface area contributed by atoms with Gasteiger partial charge in [0.2, 0.25) is 0 Å². The van der Waals surface area contributed by atoms with Crippen LogP contribution in [0.15, 0.2) is 30.5 Å². The quantitative estimate of drug-likeness (QED) is 0.751. The Morgan fingerprint density at radius 2 is 2.07 bits per heavy atom. The molecule has 0 saturated carbocycles. The number of nitrogens with zero attached hydrogens (tertiary/aromatic N) is 2. The van der Waals surface area contributed by atoms with Gasteiger partial charge in [-0.05, 0) is 31.2 Å². The van der Waals surface area contributed by atoms with E-state index in [9.17, 15) is 0 Å². The first kappa shape index (κ1) is 9.93. The van der Waals surface area contributed by atoms with E-state index in [0.717, 1.165) is 17.0 Å². The summed E-state index contributed by atoms with van der Waals surface area (Å²) in [6, 6.07) is 7.37. The minimum absolute atomic E-state index is 0.453. The van der Waals surface area contributed by atoms with Gasteiger partial charge in [0.15, 0.2) is 0 Å². The average Bonchev–Trinajstić information content (AvgIpc) is 2.23. The Bertz CT molecular complexity index is 497. The molecule has 2 N–H and O–H groups in total. The van der Waals surface area contributed by atoms with E-state index in [-0.39, 0.29) is 0 Å². The summed E-state index contributed by atoms with van der Waals surface area (Å²) >= 11 is 5.97. The van der Waals surface area contributed by atoms with Gasteiger partial charge in [0.25, 0.3) is 0 Å². The molecule has 2 rings (SSSR count). The van der Waals surface area contributed by atoms with Crippen LogP contribution in [0.5, 0.6) is 0 Å². The second-order valence-electron chi connectivity index (χ2n) is 3.21. The second kappa shape index (κ2) is 3.87. The van der Waals surface area contributed by atoms with Gasteiger partial charge in [0.05, 0.1) is 17.1 Å². The molecule has 4 heteroatoms. The summed E-state index contributed by atoms with van der Waals surface area (Å²) in [5, 5.41) is 0.453. The maximum Gasteiger partial charge on any atom is 0.138 e. The number of hydrogen-bond donors (Lipinski definition) is 1. The molecule has 0 atom stereocenters. The van der Waals surface area contributed by atoms with Crippen LogP contribution in [0, 0.1) is 6.92 Å². The van der Waals surface area contributed by atoms with Crippen LogP contribution in [0.4, 0.5) is 5.69 Å². The summed E-state index contributed by atoms with van der Waals surface area (Å²) in [5.74, 6) is 0. The van der Waals surface area contributed by atoms with E-state index in [0.29, 0.717) is 10.8 Å². The van der Waals surface area contributed by atoms with Crippen molar-refractivity contribution < 1.29 is 0 Å². The fourth-order valence-electron chi connectivity index (χ4n) is 1.30. The van der Waals surface area contributed by atoms with Gasteiger partial charge in [-0.25, -0.2) is 4.98 Å². The third-order valence-electron chi connectivity index (χ3n) is 2.16. The number of nitrogen functional groups attached to an aromatic ring is 1. The molecule has 0 amide bonds. The number of aryl methyl sites for hydroxylation is 1. The molecule has 0 bridgehead atoms. The van der Waals surface area contributed by atoms with Gasteiger partial charge in [0.1, 0.15) is 5.15 Å². The molecule has 0 aliphatic heterocycles. The summed E-state index contributed by atoms with van der Waals surface area (Å²) in [7, 11) is 0. The third kappa shape index (κ3) is 1.92. The standard InChI is InChI=1S/C11H10ClN3/c1-7-9(13)4-5-10(15-7)8-3-2-6-14-11(8)12/h2-6H,13H2,1H3. The highest BCUT2D eigenvalue weighted by atomic mass is 35.5. The van der Waals surface area contributed by atoms with Crippen molar-refractivity contribution >= 4 is 17.3 Å². The van der Waals surface area contributed by atoms with Gasteiger partial charge in [0, 0.05) is 11.8 Å². The Morgan fingerprint density at radius 1 is 1.27 bits per heavy atom. The summed E-state index contributed by atoms with van der Waals surface area (Å²) in [4.78, 5) is 8.36. The number of rotatable bonds is 1. The molecule has 0 fully saturated rings. The monoisotopic (exact) mass is 219 g/mol. The smallest absolute Gasteiger partial charge is 0.138 e. The molecule has 0 unspecified atom stereocenters. The first-order valence-electron chi connectivity index (χ1n) is 4.52. The third-order valence-corrected chi connectivity index (χ3v) is 2.46. The molecule has 0 aliphatic rings. The number of anilines is 1. The lowest BCUT2D eigenvalue weighted by Gasteiger charge is -2.05. The highest BCUT2D eigenvalue weighted by Gasteiger charge is 2.06. The van der Waals surface area contributed by atoms with Crippen LogP contribution in [-0.2, 0) is 0 Å². The number of nitrogens with two attached hydrogens (primary N) is 1. The first-order chi connectivity index (χ1) is 7.18. The SMILES string of the molecule is Cc1nc(-c2cccnc2Cl)ccc1N. The van der Waals surface area contributed by atoms with Crippen molar-refractivity contribution in [3.8, 4) is 11.3 Å². The molecule has 2 aromatic heterocycles. The minimum Gasteiger partial charge on any atom is -0.397 e. The largest absolute Gasteiger partial charge is 0.397 e. The van der Waals surface area contributed by atoms with Gasteiger partial charge in [-0.15, -0.1) is 0 Å². The van der Waals surface area contributed by atoms with Crippen molar-refractivity contribution in [3.05, 3.63) is 41.3 Å². The van der Waals surface area contributed by atoms with E-state index in [1.807, 2.05) is 31.2 Å². The van der Waals surface area contributed by atoms with E-state index in [1.54, 1.807) is 6.20 Å². The molecule has 0 spiro atoms. The number of hydrogen-bond acceptors (Lipinski definition) is 3. The van der Waals surface area contributed by atoms with Crippen LogP contribution < -0.4 is 5.73 Å². The molecule has 0 radical (unpaired) electrons. The van der Waals surface area contributed by atoms with Crippen molar-refractivity contribution in [3.63, 3.8) is 0 Å². The van der Waals surface area contributed by atoms with E-state index in [4.69, 9.17) is 17.3 Å². The van der Waals surface area contributed by atoms with Crippen LogP contribution in [0.2, 0.25) is 5.15 Å². The van der Waals surface area contributed by atoms with Crippen LogP contribution >= 0.6 is 11.6 Å². The molecule has 76 valence electrons. The molecule has 0 aromatic carbocycles. The Kier molecular flexibility index (Phi) is 2.56. The normalized spacial score (nSPS) is 10.3. The number of halogens is 1. The Balaban J connectivity index is 2.55. The van der Waals surface area contributed by atoms with Gasteiger partial charge in [-0.3, -0.25) is 4.98 Å². The molecule has 0 aliphatic carbocycles. The molecular weight excluding hydrogens is 210 g/mol. The van der Waals surface area contributed by atoms with Gasteiger partial charge >= 0.3 is 0 Å². The highest BCUT2D eigenvalue weighted by molar-refractivity contribution is 6.32. The van der Waals surface area contributed by atoms with E-state index < -0.39 is 0 Å². The molecule has 3 nitrogen and oxygen atoms in total. The minimum atomic E-state index is 0.453. The van der Waals surface area contributed by atoms with Crippen molar-refractivity contribution in [1.29, 1.82) is 0 Å². The van der Waals surface area contributed by atoms with Crippen LogP contribution in [0.1, 0.15) is 5.69 Å². The van der Waals surface area contributed by atoms with Gasteiger partial charge < -0.3 is 5.73 Å². The molecular formula is C11H10ClN3. The average molecular weight is 220 g/mol. The lowest BCUT2D eigenvalue weighted by Crippen LogP contribution is -1.94. The van der Waals surface area contributed by atoms with Gasteiger partial charge in [-0.1, -0.05) is 11.6 Å². The lowest BCUT2D eigenvalue weighted by atomic mass is 10.1.